The van der Waals surface area contributed by atoms with E-state index in [1.54, 1.807) is 6.92 Å². The van der Waals surface area contributed by atoms with Gasteiger partial charge in [0.05, 0.1) is 12.1 Å². The third kappa shape index (κ3) is 5.77. The molecule has 1 aliphatic heterocycles. The molecule has 0 aromatic carbocycles. The lowest BCUT2D eigenvalue weighted by Crippen LogP contribution is -2.51. The lowest BCUT2D eigenvalue weighted by atomic mass is 9.92. The van der Waals surface area contributed by atoms with E-state index in [2.05, 4.69) is 10.6 Å². The van der Waals surface area contributed by atoms with Crippen molar-refractivity contribution in [1.82, 2.24) is 10.6 Å². The maximum absolute atomic E-state index is 11.9. The summed E-state index contributed by atoms with van der Waals surface area (Å²) < 4.78 is 10.2. The monoisotopic (exact) mass is 286 g/mol. The van der Waals surface area contributed by atoms with Crippen LogP contribution in [0, 0.1) is 0 Å². The van der Waals surface area contributed by atoms with Crippen LogP contribution < -0.4 is 10.6 Å². The molecule has 0 aliphatic carbocycles. The zero-order valence-corrected chi connectivity index (χ0v) is 12.9. The second-order valence-electron chi connectivity index (χ2n) is 6.14. The minimum Gasteiger partial charge on any atom is -0.466 e. The van der Waals surface area contributed by atoms with Crippen molar-refractivity contribution in [2.24, 2.45) is 0 Å². The molecule has 2 N–H and O–H groups in total. The van der Waals surface area contributed by atoms with Crippen LogP contribution in [-0.2, 0) is 14.3 Å². The molecule has 1 rings (SSSR count). The van der Waals surface area contributed by atoms with Gasteiger partial charge in [-0.15, -0.1) is 0 Å². The minimum atomic E-state index is -0.529. The van der Waals surface area contributed by atoms with Crippen LogP contribution in [0.1, 0.15) is 47.0 Å². The van der Waals surface area contributed by atoms with Crippen molar-refractivity contribution < 1.29 is 19.1 Å². The summed E-state index contributed by atoms with van der Waals surface area (Å²) >= 11 is 0. The van der Waals surface area contributed by atoms with Crippen molar-refractivity contribution in [3.63, 3.8) is 0 Å². The molecule has 1 atom stereocenters. The molecule has 1 fully saturated rings. The molecule has 1 unspecified atom stereocenters. The van der Waals surface area contributed by atoms with Gasteiger partial charge in [-0.1, -0.05) is 0 Å². The zero-order chi connectivity index (χ0) is 15.2. The van der Waals surface area contributed by atoms with E-state index in [9.17, 15) is 9.59 Å². The largest absolute Gasteiger partial charge is 0.466 e. The van der Waals surface area contributed by atoms with Crippen LogP contribution in [-0.4, -0.2) is 42.9 Å². The molecular formula is C14H26N2O4. The highest BCUT2D eigenvalue weighted by atomic mass is 16.6. The standard InChI is InChI=1S/C14H26N2O4/c1-5-19-11(17)6-7-14(8-9-15-10-14)16-12(18)20-13(2,3)4/h15H,5-10H2,1-4H3,(H,16,18). The van der Waals surface area contributed by atoms with Gasteiger partial charge in [0.1, 0.15) is 5.60 Å². The first-order valence-electron chi connectivity index (χ1n) is 7.14. The number of carbonyl (C=O) groups is 2. The van der Waals surface area contributed by atoms with Gasteiger partial charge in [-0.3, -0.25) is 4.79 Å². The van der Waals surface area contributed by atoms with Crippen molar-refractivity contribution in [1.29, 1.82) is 0 Å². The van der Waals surface area contributed by atoms with Crippen molar-refractivity contribution in [3.05, 3.63) is 0 Å². The zero-order valence-electron chi connectivity index (χ0n) is 12.9. The first kappa shape index (κ1) is 16.8. The lowest BCUT2D eigenvalue weighted by Gasteiger charge is -2.31. The molecule has 20 heavy (non-hydrogen) atoms. The van der Waals surface area contributed by atoms with E-state index < -0.39 is 17.2 Å². The van der Waals surface area contributed by atoms with Crippen LogP contribution in [0.3, 0.4) is 0 Å². The number of hydrogen-bond acceptors (Lipinski definition) is 5. The van der Waals surface area contributed by atoms with E-state index in [0.717, 1.165) is 13.0 Å². The Morgan fingerprint density at radius 2 is 2.05 bits per heavy atom. The Balaban J connectivity index is 2.54. The number of rotatable bonds is 5. The summed E-state index contributed by atoms with van der Waals surface area (Å²) in [7, 11) is 0. The molecule has 116 valence electrons. The number of esters is 1. The molecule has 6 nitrogen and oxygen atoms in total. The molecule has 0 saturated carbocycles. The normalized spacial score (nSPS) is 22.4. The molecular weight excluding hydrogens is 260 g/mol. The molecule has 6 heteroatoms. The van der Waals surface area contributed by atoms with Gasteiger partial charge in [0.15, 0.2) is 0 Å². The summed E-state index contributed by atoms with van der Waals surface area (Å²) in [4.78, 5) is 23.4. The van der Waals surface area contributed by atoms with Gasteiger partial charge in [-0.25, -0.2) is 4.79 Å². The molecule has 0 bridgehead atoms. The summed E-state index contributed by atoms with van der Waals surface area (Å²) in [5.41, 5.74) is -0.951. The van der Waals surface area contributed by atoms with E-state index >= 15 is 0 Å². The average Bonchev–Trinajstić information content (AvgIpc) is 2.73. The molecule has 1 amide bonds. The topological polar surface area (TPSA) is 76.7 Å². The molecule has 1 aliphatic rings. The summed E-state index contributed by atoms with van der Waals surface area (Å²) in [5.74, 6) is -0.232. The number of amides is 1. The Labute approximate surface area is 120 Å². The van der Waals surface area contributed by atoms with E-state index in [-0.39, 0.29) is 5.97 Å². The molecule has 0 spiro atoms. The Kier molecular flexibility index (Phi) is 5.80. The highest BCUT2D eigenvalue weighted by molar-refractivity contribution is 5.71. The fourth-order valence-corrected chi connectivity index (χ4v) is 2.22. The van der Waals surface area contributed by atoms with E-state index in [4.69, 9.17) is 9.47 Å². The summed E-state index contributed by atoms with van der Waals surface area (Å²) in [5, 5.41) is 6.13. The molecule has 1 heterocycles. The number of nitrogens with one attached hydrogen (secondary N) is 2. The Morgan fingerprint density at radius 1 is 1.35 bits per heavy atom. The lowest BCUT2D eigenvalue weighted by molar-refractivity contribution is -0.143. The maximum atomic E-state index is 11.9. The second-order valence-corrected chi connectivity index (χ2v) is 6.14. The number of ether oxygens (including phenoxy) is 2. The van der Waals surface area contributed by atoms with Crippen molar-refractivity contribution in [2.75, 3.05) is 19.7 Å². The van der Waals surface area contributed by atoms with Gasteiger partial charge in [-0.2, -0.15) is 0 Å². The van der Waals surface area contributed by atoms with Gasteiger partial charge >= 0.3 is 12.1 Å². The predicted molar refractivity (Wildman–Crippen MR) is 75.5 cm³/mol. The van der Waals surface area contributed by atoms with E-state index in [1.807, 2.05) is 20.8 Å². The highest BCUT2D eigenvalue weighted by Crippen LogP contribution is 2.22. The summed E-state index contributed by atoms with van der Waals surface area (Å²) in [6.07, 6.45) is 1.19. The van der Waals surface area contributed by atoms with Crippen LogP contribution >= 0.6 is 0 Å². The van der Waals surface area contributed by atoms with E-state index in [0.29, 0.717) is 26.0 Å². The third-order valence-electron chi connectivity index (χ3n) is 3.12. The van der Waals surface area contributed by atoms with Crippen LogP contribution in [0.5, 0.6) is 0 Å². The first-order valence-corrected chi connectivity index (χ1v) is 7.14. The Hall–Kier alpha value is -1.30. The molecule has 0 aromatic rings. The van der Waals surface area contributed by atoms with Crippen LogP contribution in [0.4, 0.5) is 4.79 Å². The van der Waals surface area contributed by atoms with Gasteiger partial charge in [-0.05, 0) is 47.1 Å². The van der Waals surface area contributed by atoms with E-state index in [1.165, 1.54) is 0 Å². The van der Waals surface area contributed by atoms with Gasteiger partial charge in [0.25, 0.3) is 0 Å². The first-order chi connectivity index (χ1) is 9.26. The van der Waals surface area contributed by atoms with Crippen LogP contribution in [0.2, 0.25) is 0 Å². The third-order valence-corrected chi connectivity index (χ3v) is 3.12. The number of carbonyl (C=O) groups excluding carboxylic acids is 2. The number of hydrogen-bond donors (Lipinski definition) is 2. The second kappa shape index (κ2) is 6.92. The van der Waals surface area contributed by atoms with Crippen molar-refractivity contribution in [3.8, 4) is 0 Å². The van der Waals surface area contributed by atoms with Crippen molar-refractivity contribution in [2.45, 2.75) is 58.1 Å². The van der Waals surface area contributed by atoms with Gasteiger partial charge in [0.2, 0.25) is 0 Å². The molecule has 1 saturated heterocycles. The SMILES string of the molecule is CCOC(=O)CCC1(NC(=O)OC(C)(C)C)CCNC1. The highest BCUT2D eigenvalue weighted by Gasteiger charge is 2.37. The molecule has 0 aromatic heterocycles. The van der Waals surface area contributed by atoms with Crippen LogP contribution in [0.25, 0.3) is 0 Å². The predicted octanol–water partition coefficient (Wildman–Crippen LogP) is 1.59. The quantitative estimate of drug-likeness (QED) is 0.751. The minimum absolute atomic E-state index is 0.232. The Morgan fingerprint density at radius 3 is 2.55 bits per heavy atom. The number of alkyl carbamates (subject to hydrolysis) is 1. The molecule has 0 radical (unpaired) electrons. The summed E-state index contributed by atoms with van der Waals surface area (Å²) in [6, 6.07) is 0. The maximum Gasteiger partial charge on any atom is 0.408 e. The van der Waals surface area contributed by atoms with Crippen LogP contribution in [0.15, 0.2) is 0 Å². The Bertz CT molecular complexity index is 344. The summed E-state index contributed by atoms with van der Waals surface area (Å²) in [6.45, 7) is 9.10. The van der Waals surface area contributed by atoms with Gasteiger partial charge < -0.3 is 20.1 Å². The fraction of sp³-hybridized carbons (Fsp3) is 0.857. The van der Waals surface area contributed by atoms with Gasteiger partial charge in [0, 0.05) is 13.0 Å². The fourth-order valence-electron chi connectivity index (χ4n) is 2.22. The average molecular weight is 286 g/mol. The van der Waals surface area contributed by atoms with Crippen molar-refractivity contribution >= 4 is 12.1 Å². The smallest absolute Gasteiger partial charge is 0.408 e.